The monoisotopic (exact) mass is 314 g/mol. The second-order valence-electron chi connectivity index (χ2n) is 7.50. The van der Waals surface area contributed by atoms with Crippen LogP contribution in [-0.4, -0.2) is 24.7 Å². The minimum Gasteiger partial charge on any atom is -0.211 e. The largest absolute Gasteiger partial charge is 0.235 e. The Kier molecular flexibility index (Phi) is 7.09. The van der Waals surface area contributed by atoms with Gasteiger partial charge in [0.1, 0.15) is 0 Å². The molecule has 1 saturated carbocycles. The summed E-state index contributed by atoms with van der Waals surface area (Å²) in [5.74, 6) is 0. The summed E-state index contributed by atoms with van der Waals surface area (Å²) in [6.07, 6.45) is 5.88. The van der Waals surface area contributed by atoms with Gasteiger partial charge in [0.25, 0.3) is 0 Å². The van der Waals surface area contributed by atoms with Gasteiger partial charge in [-0.2, -0.15) is 0 Å². The van der Waals surface area contributed by atoms with Crippen molar-refractivity contribution < 1.29 is 9.59 Å². The predicted octanol–water partition coefficient (Wildman–Crippen LogP) is 4.24. The van der Waals surface area contributed by atoms with Crippen molar-refractivity contribution in [2.75, 3.05) is 6.54 Å². The van der Waals surface area contributed by atoms with Crippen molar-refractivity contribution in [2.24, 2.45) is 20.8 Å². The van der Waals surface area contributed by atoms with Crippen LogP contribution in [0, 0.1) is 17.8 Å². The first-order valence-corrected chi connectivity index (χ1v) is 7.92. The van der Waals surface area contributed by atoms with E-state index >= 15 is 0 Å². The Morgan fingerprint density at radius 2 is 1.74 bits per heavy atom. The smallest absolute Gasteiger partial charge is 0.211 e. The minimum absolute atomic E-state index is 0.00750. The molecule has 124 valence electrons. The topological polar surface area (TPSA) is 58.9 Å². The van der Waals surface area contributed by atoms with Crippen molar-refractivity contribution >= 4 is 12.2 Å². The summed E-state index contributed by atoms with van der Waals surface area (Å²) < 4.78 is 0. The van der Waals surface area contributed by atoms with Crippen LogP contribution in [-0.2, 0) is 9.59 Å². The van der Waals surface area contributed by atoms with Gasteiger partial charge in [-0.05, 0) is 37.0 Å². The summed E-state index contributed by atoms with van der Waals surface area (Å²) in [4.78, 5) is 28.0. The van der Waals surface area contributed by atoms with E-state index in [2.05, 4.69) is 49.8 Å². The van der Waals surface area contributed by atoms with Crippen molar-refractivity contribution in [3.63, 3.8) is 0 Å². The average molecular weight is 314 g/mol. The van der Waals surface area contributed by atoms with Crippen molar-refractivity contribution in [3.05, 3.63) is 35.9 Å². The number of hydrogen-bond acceptors (Lipinski definition) is 4. The highest BCUT2D eigenvalue weighted by Gasteiger charge is 2.41. The lowest BCUT2D eigenvalue weighted by Gasteiger charge is -2.44. The third-order valence-corrected chi connectivity index (χ3v) is 4.12. The number of carbonyl (C=O) groups excluding carboxylic acids is 2. The average Bonchev–Trinajstić information content (AvgIpc) is 2.45. The third-order valence-electron chi connectivity index (χ3n) is 4.12. The van der Waals surface area contributed by atoms with Gasteiger partial charge in [-0.25, -0.2) is 19.6 Å². The van der Waals surface area contributed by atoms with Crippen LogP contribution in [0.5, 0.6) is 0 Å². The number of benzene rings is 1. The Bertz CT molecular complexity index is 585. The molecule has 0 N–H and O–H groups in total. The lowest BCUT2D eigenvalue weighted by molar-refractivity contribution is 0.0915. The number of nitrogens with zero attached hydrogens (tertiary/aromatic N) is 2. The van der Waals surface area contributed by atoms with E-state index in [1.54, 1.807) is 12.2 Å². The van der Waals surface area contributed by atoms with Crippen LogP contribution in [0.25, 0.3) is 0 Å². The fourth-order valence-corrected chi connectivity index (χ4v) is 3.62. The highest BCUT2D eigenvalue weighted by atomic mass is 16.1. The van der Waals surface area contributed by atoms with Gasteiger partial charge in [0, 0.05) is 0 Å². The van der Waals surface area contributed by atoms with Crippen molar-refractivity contribution in [1.29, 1.82) is 0 Å². The fourth-order valence-electron chi connectivity index (χ4n) is 3.62. The Morgan fingerprint density at radius 3 is 2.22 bits per heavy atom. The van der Waals surface area contributed by atoms with E-state index < -0.39 is 0 Å². The SMILES string of the molecule is CC1(C)CC(N=C=O)CC(C)(CN=C=O)C1.Cc1ccccc1. The molecule has 0 radical (unpaired) electrons. The van der Waals surface area contributed by atoms with Gasteiger partial charge >= 0.3 is 0 Å². The van der Waals surface area contributed by atoms with Crippen molar-refractivity contribution in [2.45, 2.75) is 53.0 Å². The maximum Gasteiger partial charge on any atom is 0.235 e. The molecule has 0 aromatic heterocycles. The molecule has 0 spiro atoms. The normalized spacial score (nSPS) is 25.1. The van der Waals surface area contributed by atoms with Crippen molar-refractivity contribution in [1.82, 2.24) is 0 Å². The molecule has 0 heterocycles. The van der Waals surface area contributed by atoms with Gasteiger partial charge in [0.05, 0.1) is 12.6 Å². The summed E-state index contributed by atoms with van der Waals surface area (Å²) in [7, 11) is 0. The molecule has 4 nitrogen and oxygen atoms in total. The molecule has 23 heavy (non-hydrogen) atoms. The minimum atomic E-state index is -0.0653. The van der Waals surface area contributed by atoms with Crippen LogP contribution >= 0.6 is 0 Å². The molecule has 1 aromatic carbocycles. The molecule has 0 saturated heterocycles. The Morgan fingerprint density at radius 1 is 1.09 bits per heavy atom. The molecule has 0 bridgehead atoms. The quantitative estimate of drug-likeness (QED) is 0.619. The molecule has 2 unspecified atom stereocenters. The van der Waals surface area contributed by atoms with Gasteiger partial charge in [0.2, 0.25) is 12.2 Å². The summed E-state index contributed by atoms with van der Waals surface area (Å²) in [5.41, 5.74) is 1.38. The highest BCUT2D eigenvalue weighted by molar-refractivity contribution is 5.34. The van der Waals surface area contributed by atoms with Crippen LogP contribution in [0.15, 0.2) is 40.3 Å². The maximum absolute atomic E-state index is 10.3. The van der Waals surface area contributed by atoms with Gasteiger partial charge in [-0.15, -0.1) is 0 Å². The van der Waals surface area contributed by atoms with Crippen LogP contribution in [0.3, 0.4) is 0 Å². The summed E-state index contributed by atoms with van der Waals surface area (Å²) in [6.45, 7) is 8.94. The van der Waals surface area contributed by atoms with E-state index in [-0.39, 0.29) is 16.9 Å². The molecule has 1 fully saturated rings. The molecule has 0 aliphatic heterocycles. The molecule has 1 aliphatic carbocycles. The number of hydrogen-bond donors (Lipinski definition) is 0. The second-order valence-corrected chi connectivity index (χ2v) is 7.50. The molecule has 2 rings (SSSR count). The Balaban J connectivity index is 0.000000313. The van der Waals surface area contributed by atoms with Crippen LogP contribution in [0.2, 0.25) is 0 Å². The molecular weight excluding hydrogens is 288 g/mol. The van der Waals surface area contributed by atoms with Gasteiger partial charge in [0.15, 0.2) is 0 Å². The molecular formula is C19H26N2O2. The number of aryl methyl sites for hydroxylation is 1. The van der Waals surface area contributed by atoms with E-state index in [0.717, 1.165) is 19.3 Å². The third kappa shape index (κ3) is 7.19. The molecule has 4 heteroatoms. The maximum atomic E-state index is 10.3. The summed E-state index contributed by atoms with van der Waals surface area (Å²) in [6, 6.07) is 10.3. The molecule has 0 amide bonds. The van der Waals surface area contributed by atoms with E-state index in [0.29, 0.717) is 6.54 Å². The number of isocyanates is 2. The van der Waals surface area contributed by atoms with Crippen LogP contribution in [0.1, 0.15) is 45.6 Å². The summed E-state index contributed by atoms with van der Waals surface area (Å²) >= 11 is 0. The Hall–Kier alpha value is -2.02. The fraction of sp³-hybridized carbons (Fsp3) is 0.579. The van der Waals surface area contributed by atoms with E-state index in [1.165, 1.54) is 5.56 Å². The van der Waals surface area contributed by atoms with E-state index in [9.17, 15) is 9.59 Å². The zero-order chi connectivity index (χ0) is 17.3. The standard InChI is InChI=1S/C12H18N2O2.C7H8/c1-11(2)4-10(14-9-16)5-12(3,6-11)7-13-8-15;1-7-5-3-2-4-6-7/h10H,4-7H2,1-3H3;2-6H,1H3. The van der Waals surface area contributed by atoms with Crippen LogP contribution < -0.4 is 0 Å². The summed E-state index contributed by atoms with van der Waals surface area (Å²) in [5, 5.41) is 0. The van der Waals surface area contributed by atoms with E-state index in [1.807, 2.05) is 18.2 Å². The van der Waals surface area contributed by atoms with Gasteiger partial charge in [-0.1, -0.05) is 56.7 Å². The highest BCUT2D eigenvalue weighted by Crippen LogP contribution is 2.47. The first-order valence-electron chi connectivity index (χ1n) is 7.92. The zero-order valence-corrected chi connectivity index (χ0v) is 14.5. The van der Waals surface area contributed by atoms with E-state index in [4.69, 9.17) is 0 Å². The molecule has 2 atom stereocenters. The molecule has 1 aliphatic rings. The lowest BCUT2D eigenvalue weighted by atomic mass is 9.63. The van der Waals surface area contributed by atoms with Gasteiger partial charge in [-0.3, -0.25) is 0 Å². The number of rotatable bonds is 3. The number of aliphatic imine (C=N–C) groups is 2. The second kappa shape index (κ2) is 8.57. The first-order chi connectivity index (χ1) is 10.8. The Labute approximate surface area is 138 Å². The van der Waals surface area contributed by atoms with Crippen molar-refractivity contribution in [3.8, 4) is 0 Å². The lowest BCUT2D eigenvalue weighted by Crippen LogP contribution is -2.39. The van der Waals surface area contributed by atoms with Gasteiger partial charge < -0.3 is 0 Å². The predicted molar refractivity (Wildman–Crippen MR) is 91.8 cm³/mol. The zero-order valence-electron chi connectivity index (χ0n) is 14.5. The molecule has 1 aromatic rings. The first kappa shape index (κ1) is 19.0. The van der Waals surface area contributed by atoms with Crippen LogP contribution in [0.4, 0.5) is 0 Å².